The lowest BCUT2D eigenvalue weighted by atomic mass is 10.0. The highest BCUT2D eigenvalue weighted by Crippen LogP contribution is 2.25. The zero-order valence-electron chi connectivity index (χ0n) is 14.8. The van der Waals surface area contributed by atoms with Gasteiger partial charge in [0.15, 0.2) is 5.11 Å². The van der Waals surface area contributed by atoms with Gasteiger partial charge in [0.25, 0.3) is 0 Å². The minimum Gasteiger partial charge on any atom is -0.342 e. The van der Waals surface area contributed by atoms with E-state index in [1.807, 2.05) is 42.5 Å². The summed E-state index contributed by atoms with van der Waals surface area (Å²) in [5.41, 5.74) is 1.91. The Labute approximate surface area is 170 Å². The van der Waals surface area contributed by atoms with Crippen LogP contribution in [0.25, 0.3) is 0 Å². The van der Waals surface area contributed by atoms with Crippen molar-refractivity contribution in [2.45, 2.75) is 25.4 Å². The van der Waals surface area contributed by atoms with Gasteiger partial charge in [-0.2, -0.15) is 0 Å². The molecule has 1 aliphatic rings. The average Bonchev–Trinajstić information content (AvgIpc) is 2.64. The Morgan fingerprint density at radius 1 is 1.08 bits per heavy atom. The molecule has 0 spiro atoms. The molecule has 3 nitrogen and oxygen atoms in total. The van der Waals surface area contributed by atoms with E-state index < -0.39 is 0 Å². The topological polar surface area (TPSA) is 18.5 Å². The van der Waals surface area contributed by atoms with Gasteiger partial charge in [-0.05, 0) is 69.0 Å². The molecule has 0 bridgehead atoms. The van der Waals surface area contributed by atoms with Gasteiger partial charge in [0.05, 0.1) is 10.7 Å². The largest absolute Gasteiger partial charge is 0.342 e. The van der Waals surface area contributed by atoms with Crippen molar-refractivity contribution in [3.63, 3.8) is 0 Å². The van der Waals surface area contributed by atoms with Gasteiger partial charge in [-0.1, -0.05) is 53.5 Å². The molecule has 0 saturated carbocycles. The molecule has 3 rings (SSSR count). The average molecular weight is 408 g/mol. The third-order valence-corrected chi connectivity index (χ3v) is 5.84. The van der Waals surface area contributed by atoms with E-state index in [2.05, 4.69) is 28.2 Å². The summed E-state index contributed by atoms with van der Waals surface area (Å²) in [6.45, 7) is 2.82. The van der Waals surface area contributed by atoms with Crippen LogP contribution in [0.1, 0.15) is 18.4 Å². The fourth-order valence-electron chi connectivity index (χ4n) is 3.23. The molecule has 26 heavy (non-hydrogen) atoms. The molecule has 0 aromatic heterocycles. The quantitative estimate of drug-likeness (QED) is 0.693. The summed E-state index contributed by atoms with van der Waals surface area (Å²) in [5.74, 6) is 0. The fraction of sp³-hybridized carbons (Fsp3) is 0.350. The van der Waals surface area contributed by atoms with Gasteiger partial charge in [0, 0.05) is 17.6 Å². The summed E-state index contributed by atoms with van der Waals surface area (Å²) in [6, 6.07) is 16.0. The van der Waals surface area contributed by atoms with Gasteiger partial charge in [0.1, 0.15) is 0 Å². The summed E-state index contributed by atoms with van der Waals surface area (Å²) in [6.07, 6.45) is 2.15. The van der Waals surface area contributed by atoms with Gasteiger partial charge < -0.3 is 15.1 Å². The van der Waals surface area contributed by atoms with Crippen LogP contribution in [0, 0.1) is 0 Å². The van der Waals surface area contributed by atoms with Crippen LogP contribution in [-0.4, -0.2) is 41.1 Å². The molecule has 1 fully saturated rings. The monoisotopic (exact) mass is 407 g/mol. The Hall–Kier alpha value is -1.33. The van der Waals surface area contributed by atoms with Crippen molar-refractivity contribution in [3.8, 4) is 0 Å². The second-order valence-corrected chi connectivity index (χ2v) is 7.86. The first kappa shape index (κ1) is 19.4. The fourth-order valence-corrected chi connectivity index (χ4v) is 3.94. The molecule has 2 aromatic carbocycles. The van der Waals surface area contributed by atoms with Crippen LogP contribution >= 0.6 is 35.4 Å². The van der Waals surface area contributed by atoms with Crippen LogP contribution in [0.5, 0.6) is 0 Å². The van der Waals surface area contributed by atoms with Gasteiger partial charge in [-0.3, -0.25) is 0 Å². The normalized spacial score (nSPS) is 15.7. The van der Waals surface area contributed by atoms with Crippen molar-refractivity contribution >= 4 is 46.2 Å². The van der Waals surface area contributed by atoms with Crippen molar-refractivity contribution in [1.82, 2.24) is 9.80 Å². The van der Waals surface area contributed by atoms with E-state index in [0.717, 1.165) is 42.2 Å². The van der Waals surface area contributed by atoms with E-state index >= 15 is 0 Å². The lowest BCUT2D eigenvalue weighted by molar-refractivity contribution is 0.173. The van der Waals surface area contributed by atoms with Gasteiger partial charge >= 0.3 is 0 Å². The SMILES string of the molecule is CN1CCC(N(Cc2ccccc2Cl)C(=S)Nc2ccccc2Cl)CC1. The maximum Gasteiger partial charge on any atom is 0.174 e. The summed E-state index contributed by atoms with van der Waals surface area (Å²) in [4.78, 5) is 4.61. The second kappa shape index (κ2) is 9.05. The van der Waals surface area contributed by atoms with E-state index in [1.54, 1.807) is 0 Å². The third-order valence-electron chi connectivity index (χ3n) is 4.80. The number of thiocarbonyl (C=S) groups is 1. The number of halogens is 2. The first-order chi connectivity index (χ1) is 12.5. The molecule has 1 saturated heterocycles. The standard InChI is InChI=1S/C20H23Cl2N3S/c1-24-12-10-16(11-13-24)25(14-15-6-2-3-7-17(15)21)20(26)23-19-9-5-4-8-18(19)22/h2-9,16H,10-14H2,1H3,(H,23,26). The number of benzene rings is 2. The van der Waals surface area contributed by atoms with Gasteiger partial charge in [0.2, 0.25) is 0 Å². The summed E-state index contributed by atoms with van der Waals surface area (Å²) >= 11 is 18.5. The van der Waals surface area contributed by atoms with Crippen LogP contribution in [0.2, 0.25) is 10.0 Å². The van der Waals surface area contributed by atoms with E-state index in [-0.39, 0.29) is 0 Å². The van der Waals surface area contributed by atoms with Gasteiger partial charge in [-0.15, -0.1) is 0 Å². The van der Waals surface area contributed by atoms with Crippen LogP contribution in [0.3, 0.4) is 0 Å². The molecule has 1 N–H and O–H groups in total. The number of likely N-dealkylation sites (tertiary alicyclic amines) is 1. The molecular weight excluding hydrogens is 385 g/mol. The van der Waals surface area contributed by atoms with Gasteiger partial charge in [-0.25, -0.2) is 0 Å². The van der Waals surface area contributed by atoms with Crippen molar-refractivity contribution in [3.05, 3.63) is 64.1 Å². The molecule has 0 atom stereocenters. The van der Waals surface area contributed by atoms with Crippen molar-refractivity contribution < 1.29 is 0 Å². The highest BCUT2D eigenvalue weighted by molar-refractivity contribution is 7.80. The lowest BCUT2D eigenvalue weighted by Gasteiger charge is -2.39. The van der Waals surface area contributed by atoms with Crippen LogP contribution in [0.4, 0.5) is 5.69 Å². The summed E-state index contributed by atoms with van der Waals surface area (Å²) in [7, 11) is 2.16. The Bertz CT molecular complexity index is 760. The minimum absolute atomic E-state index is 0.380. The zero-order chi connectivity index (χ0) is 18.5. The molecule has 0 unspecified atom stereocenters. The number of anilines is 1. The molecule has 2 aromatic rings. The van der Waals surface area contributed by atoms with Crippen LogP contribution in [0.15, 0.2) is 48.5 Å². The van der Waals surface area contributed by atoms with E-state index in [1.165, 1.54) is 0 Å². The third kappa shape index (κ3) is 4.89. The first-order valence-corrected chi connectivity index (χ1v) is 9.95. The predicted molar refractivity (Wildman–Crippen MR) is 115 cm³/mol. The molecule has 6 heteroatoms. The number of rotatable bonds is 4. The molecule has 1 aliphatic heterocycles. The summed E-state index contributed by atoms with van der Waals surface area (Å²) in [5, 5.41) is 5.45. The lowest BCUT2D eigenvalue weighted by Crippen LogP contribution is -2.47. The maximum atomic E-state index is 6.40. The number of para-hydroxylation sites is 1. The maximum absolute atomic E-state index is 6.40. The Morgan fingerprint density at radius 3 is 2.35 bits per heavy atom. The van der Waals surface area contributed by atoms with Crippen molar-refractivity contribution in [2.24, 2.45) is 0 Å². The highest BCUT2D eigenvalue weighted by Gasteiger charge is 2.26. The molecular formula is C20H23Cl2N3S. The van der Waals surface area contributed by atoms with Crippen LogP contribution < -0.4 is 5.32 Å². The van der Waals surface area contributed by atoms with E-state index in [9.17, 15) is 0 Å². The molecule has 1 heterocycles. The first-order valence-electron chi connectivity index (χ1n) is 8.78. The second-order valence-electron chi connectivity index (χ2n) is 6.66. The van der Waals surface area contributed by atoms with E-state index in [0.29, 0.717) is 22.7 Å². The number of hydrogen-bond donors (Lipinski definition) is 1. The molecule has 0 amide bonds. The predicted octanol–water partition coefficient (Wildman–Crippen LogP) is 5.29. The van der Waals surface area contributed by atoms with Crippen molar-refractivity contribution in [2.75, 3.05) is 25.5 Å². The number of nitrogens with one attached hydrogen (secondary N) is 1. The Morgan fingerprint density at radius 2 is 1.69 bits per heavy atom. The smallest absolute Gasteiger partial charge is 0.174 e. The Kier molecular flexibility index (Phi) is 6.76. The zero-order valence-corrected chi connectivity index (χ0v) is 17.1. The van der Waals surface area contributed by atoms with E-state index in [4.69, 9.17) is 35.4 Å². The van der Waals surface area contributed by atoms with Crippen LogP contribution in [-0.2, 0) is 6.54 Å². The highest BCUT2D eigenvalue weighted by atomic mass is 35.5. The number of piperidine rings is 1. The Balaban J connectivity index is 1.81. The number of hydrogen-bond acceptors (Lipinski definition) is 2. The molecule has 0 aliphatic carbocycles. The molecule has 0 radical (unpaired) electrons. The summed E-state index contributed by atoms with van der Waals surface area (Å²) < 4.78 is 0. The minimum atomic E-state index is 0.380. The number of nitrogens with zero attached hydrogens (tertiary/aromatic N) is 2. The van der Waals surface area contributed by atoms with Crippen molar-refractivity contribution in [1.29, 1.82) is 0 Å². The molecule has 138 valence electrons.